The second-order valence-electron chi connectivity index (χ2n) is 10.0. The zero-order chi connectivity index (χ0) is 31.0. The first kappa shape index (κ1) is 32.3. The van der Waals surface area contributed by atoms with E-state index in [4.69, 9.17) is 9.47 Å². The summed E-state index contributed by atoms with van der Waals surface area (Å²) in [7, 11) is -1.51. The number of rotatable bonds is 14. The van der Waals surface area contributed by atoms with Gasteiger partial charge in [-0.3, -0.25) is 14.9 Å². The normalized spacial score (nSPS) is 13.0. The Hall–Kier alpha value is -4.20. The minimum atomic E-state index is -4.17. The van der Waals surface area contributed by atoms with Gasteiger partial charge in [-0.1, -0.05) is 44.2 Å². The van der Waals surface area contributed by atoms with Crippen LogP contribution in [0.4, 0.5) is 5.69 Å². The molecule has 0 fully saturated rings. The summed E-state index contributed by atoms with van der Waals surface area (Å²) in [5, 5.41) is 35.5. The number of phenolic OH excluding ortho intramolecular Hbond substituents is 1. The van der Waals surface area contributed by atoms with Crippen LogP contribution in [0.2, 0.25) is 0 Å². The standard InChI is InChI=1S/C29H35N3O9S/c1-19(2)17-31(42(38,39)23-12-10-22(11-13-23)32(36)37)18-25(33)24(14-20-8-6-5-7-9-20)30-29(35)21-15-26(40-3)28(34)27(16-21)41-4/h5-13,15-16,19,24-25,33-34H,14,17-18H2,1-4H3,(H,30,35)/t24-,25+/m0/s1. The third-order valence-corrected chi connectivity index (χ3v) is 8.31. The molecule has 12 nitrogen and oxygen atoms in total. The highest BCUT2D eigenvalue weighted by Gasteiger charge is 2.32. The summed E-state index contributed by atoms with van der Waals surface area (Å²) >= 11 is 0. The van der Waals surface area contributed by atoms with Gasteiger partial charge in [-0.2, -0.15) is 4.31 Å². The average molecular weight is 602 g/mol. The first-order valence-electron chi connectivity index (χ1n) is 13.1. The molecule has 0 aliphatic carbocycles. The second-order valence-corrected chi connectivity index (χ2v) is 12.0. The van der Waals surface area contributed by atoms with Crippen molar-refractivity contribution in [3.05, 3.63) is 88.0 Å². The summed E-state index contributed by atoms with van der Waals surface area (Å²) < 4.78 is 38.6. The molecule has 3 N–H and O–H groups in total. The van der Waals surface area contributed by atoms with Gasteiger partial charge >= 0.3 is 0 Å². The molecule has 0 aliphatic heterocycles. The first-order chi connectivity index (χ1) is 19.9. The molecule has 3 aromatic carbocycles. The molecule has 13 heteroatoms. The highest BCUT2D eigenvalue weighted by atomic mass is 32.2. The number of hydrogen-bond donors (Lipinski definition) is 3. The maximum Gasteiger partial charge on any atom is 0.269 e. The molecule has 0 aliphatic rings. The van der Waals surface area contributed by atoms with Crippen molar-refractivity contribution in [1.29, 1.82) is 0 Å². The molecule has 42 heavy (non-hydrogen) atoms. The number of aliphatic hydroxyl groups excluding tert-OH is 1. The predicted octanol–water partition coefficient (Wildman–Crippen LogP) is 3.37. The summed E-state index contributed by atoms with van der Waals surface area (Å²) in [5.74, 6) is -0.989. The maximum atomic E-state index is 13.6. The van der Waals surface area contributed by atoms with E-state index in [9.17, 15) is 33.5 Å². The summed E-state index contributed by atoms with van der Waals surface area (Å²) in [6, 6.07) is 15.3. The maximum absolute atomic E-state index is 13.6. The number of aliphatic hydroxyl groups is 1. The van der Waals surface area contributed by atoms with Crippen LogP contribution in [0.25, 0.3) is 0 Å². The fourth-order valence-electron chi connectivity index (χ4n) is 4.33. The van der Waals surface area contributed by atoms with E-state index in [0.717, 1.165) is 34.1 Å². The molecule has 1 amide bonds. The number of carbonyl (C=O) groups is 1. The van der Waals surface area contributed by atoms with Crippen LogP contribution in [0.15, 0.2) is 71.6 Å². The lowest BCUT2D eigenvalue weighted by Gasteiger charge is -2.31. The van der Waals surface area contributed by atoms with Crippen LogP contribution in [0.5, 0.6) is 17.2 Å². The Balaban J connectivity index is 1.94. The Bertz CT molecular complexity index is 1450. The number of nitro groups is 1. The van der Waals surface area contributed by atoms with Crippen LogP contribution in [-0.4, -0.2) is 73.2 Å². The van der Waals surface area contributed by atoms with Crippen molar-refractivity contribution >= 4 is 21.6 Å². The SMILES string of the molecule is COc1cc(C(=O)N[C@@H](Cc2ccccc2)[C@H](O)CN(CC(C)C)S(=O)(=O)c2ccc([N+](=O)[O-])cc2)cc(OC)c1O. The smallest absolute Gasteiger partial charge is 0.269 e. The van der Waals surface area contributed by atoms with Crippen molar-refractivity contribution in [2.75, 3.05) is 27.3 Å². The molecule has 0 saturated heterocycles. The predicted molar refractivity (Wildman–Crippen MR) is 155 cm³/mol. The molecule has 3 aromatic rings. The van der Waals surface area contributed by atoms with Crippen LogP contribution in [0, 0.1) is 16.0 Å². The van der Waals surface area contributed by atoms with E-state index in [0.29, 0.717) is 0 Å². The number of amides is 1. The number of ether oxygens (including phenoxy) is 2. The van der Waals surface area contributed by atoms with Gasteiger partial charge in [-0.15, -0.1) is 0 Å². The lowest BCUT2D eigenvalue weighted by molar-refractivity contribution is -0.384. The molecular weight excluding hydrogens is 566 g/mol. The van der Waals surface area contributed by atoms with Gasteiger partial charge < -0.3 is 25.0 Å². The van der Waals surface area contributed by atoms with Crippen LogP contribution < -0.4 is 14.8 Å². The van der Waals surface area contributed by atoms with Crippen LogP contribution in [0.3, 0.4) is 0 Å². The highest BCUT2D eigenvalue weighted by molar-refractivity contribution is 7.89. The molecule has 0 heterocycles. The lowest BCUT2D eigenvalue weighted by atomic mass is 10.00. The minimum Gasteiger partial charge on any atom is -0.502 e. The van der Waals surface area contributed by atoms with E-state index >= 15 is 0 Å². The Kier molecular flexibility index (Phi) is 10.9. The molecule has 0 unspecified atom stereocenters. The summed E-state index contributed by atoms with van der Waals surface area (Å²) in [6.45, 7) is 3.32. The fraction of sp³-hybridized carbons (Fsp3) is 0.345. The van der Waals surface area contributed by atoms with Gasteiger partial charge in [0.05, 0.1) is 36.2 Å². The van der Waals surface area contributed by atoms with Crippen molar-refractivity contribution in [3.63, 3.8) is 0 Å². The number of hydrogen-bond acceptors (Lipinski definition) is 9. The van der Waals surface area contributed by atoms with Crippen LogP contribution >= 0.6 is 0 Å². The van der Waals surface area contributed by atoms with E-state index in [2.05, 4.69) is 5.32 Å². The van der Waals surface area contributed by atoms with Gasteiger partial charge in [0.1, 0.15) is 0 Å². The third-order valence-electron chi connectivity index (χ3n) is 6.47. The van der Waals surface area contributed by atoms with E-state index < -0.39 is 33.0 Å². The van der Waals surface area contributed by atoms with E-state index in [1.165, 1.54) is 26.4 Å². The zero-order valence-electron chi connectivity index (χ0n) is 23.8. The van der Waals surface area contributed by atoms with Gasteiger partial charge in [0.15, 0.2) is 11.5 Å². The van der Waals surface area contributed by atoms with E-state index in [1.54, 1.807) is 12.1 Å². The lowest BCUT2D eigenvalue weighted by Crippen LogP contribution is -2.51. The largest absolute Gasteiger partial charge is 0.502 e. The van der Waals surface area contributed by atoms with Crippen molar-refractivity contribution in [2.24, 2.45) is 5.92 Å². The molecular formula is C29H35N3O9S. The van der Waals surface area contributed by atoms with Gasteiger partial charge in [0, 0.05) is 30.8 Å². The fourth-order valence-corrected chi connectivity index (χ4v) is 5.95. The molecule has 0 bridgehead atoms. The molecule has 226 valence electrons. The van der Waals surface area contributed by atoms with Gasteiger partial charge in [-0.25, -0.2) is 8.42 Å². The van der Waals surface area contributed by atoms with Crippen molar-refractivity contribution in [2.45, 2.75) is 37.3 Å². The number of nitrogens with zero attached hydrogens (tertiary/aromatic N) is 2. The van der Waals surface area contributed by atoms with Crippen molar-refractivity contribution in [3.8, 4) is 17.2 Å². The van der Waals surface area contributed by atoms with Crippen LogP contribution in [-0.2, 0) is 16.4 Å². The minimum absolute atomic E-state index is 0.0111. The number of benzene rings is 3. The van der Waals surface area contributed by atoms with Gasteiger partial charge in [0.25, 0.3) is 11.6 Å². The number of nitro benzene ring substituents is 1. The van der Waals surface area contributed by atoms with Crippen LogP contribution in [0.1, 0.15) is 29.8 Å². The molecule has 2 atom stereocenters. The highest BCUT2D eigenvalue weighted by Crippen LogP contribution is 2.37. The van der Waals surface area contributed by atoms with Gasteiger partial charge in [0.2, 0.25) is 15.8 Å². The zero-order valence-corrected chi connectivity index (χ0v) is 24.6. The summed E-state index contributed by atoms with van der Waals surface area (Å²) in [6.07, 6.45) is -1.19. The molecule has 0 spiro atoms. The second kappa shape index (κ2) is 14.1. The average Bonchev–Trinajstić information content (AvgIpc) is 2.96. The monoisotopic (exact) mass is 601 g/mol. The number of nitrogens with one attached hydrogen (secondary N) is 1. The number of non-ortho nitro benzene ring substituents is 1. The molecule has 3 rings (SSSR count). The number of phenols is 1. The third kappa shape index (κ3) is 7.96. The Labute approximate surface area is 244 Å². The van der Waals surface area contributed by atoms with Crippen molar-refractivity contribution in [1.82, 2.24) is 9.62 Å². The van der Waals surface area contributed by atoms with Crippen molar-refractivity contribution < 1.29 is 37.8 Å². The number of methoxy groups -OCH3 is 2. The molecule has 0 aromatic heterocycles. The first-order valence-corrected chi connectivity index (χ1v) is 14.5. The Morgan fingerprint density at radius 3 is 2.07 bits per heavy atom. The van der Waals surface area contributed by atoms with E-state index in [1.807, 2.05) is 32.0 Å². The Morgan fingerprint density at radius 1 is 1.00 bits per heavy atom. The number of carbonyl (C=O) groups excluding carboxylic acids is 1. The number of sulfonamides is 1. The van der Waals surface area contributed by atoms with Gasteiger partial charge in [-0.05, 0) is 42.2 Å². The summed E-state index contributed by atoms with van der Waals surface area (Å²) in [5.41, 5.74) is 0.623. The topological polar surface area (TPSA) is 169 Å². The summed E-state index contributed by atoms with van der Waals surface area (Å²) in [4.78, 5) is 23.6. The number of aromatic hydroxyl groups is 1. The molecule has 0 radical (unpaired) electrons. The Morgan fingerprint density at radius 2 is 1.57 bits per heavy atom. The molecule has 0 saturated carbocycles. The van der Waals surface area contributed by atoms with E-state index in [-0.39, 0.29) is 58.8 Å². The quantitative estimate of drug-likeness (QED) is 0.185.